The Morgan fingerprint density at radius 2 is 1.57 bits per heavy atom. The van der Waals surface area contributed by atoms with E-state index in [-0.39, 0.29) is 23.8 Å². The summed E-state index contributed by atoms with van der Waals surface area (Å²) in [6.45, 7) is 7.94. The second-order valence-electron chi connectivity index (χ2n) is 9.92. The van der Waals surface area contributed by atoms with Gasteiger partial charge < -0.3 is 19.1 Å². The molecule has 190 valence electrons. The molecule has 2 saturated heterocycles. The number of morpholine rings is 1. The van der Waals surface area contributed by atoms with Crippen molar-refractivity contribution in [1.82, 2.24) is 14.8 Å². The van der Waals surface area contributed by atoms with Gasteiger partial charge in [-0.2, -0.15) is 5.10 Å². The van der Waals surface area contributed by atoms with Crippen LogP contribution in [-0.2, 0) is 9.53 Å². The normalized spacial score (nSPS) is 26.4. The van der Waals surface area contributed by atoms with Crippen molar-refractivity contribution in [3.63, 3.8) is 0 Å². The highest BCUT2D eigenvalue weighted by Crippen LogP contribution is 2.38. The van der Waals surface area contributed by atoms with Crippen LogP contribution in [0.4, 0.5) is 0 Å². The SMILES string of the molecule is COc1ccc(C2=NN(C3CCN(CCN4CCOCC4)CC3)C(=O)[C@@H]3CC=CC[C@H]23)cc1OC. The number of carbonyl (C=O) groups excluding carboxylic acids is 1. The first-order valence-corrected chi connectivity index (χ1v) is 13.0. The van der Waals surface area contributed by atoms with Crippen molar-refractivity contribution in [2.75, 3.05) is 66.7 Å². The highest BCUT2D eigenvalue weighted by molar-refractivity contribution is 6.07. The summed E-state index contributed by atoms with van der Waals surface area (Å²) in [5.74, 6) is 1.64. The molecule has 0 unspecified atom stereocenters. The number of rotatable bonds is 7. The lowest BCUT2D eigenvalue weighted by Gasteiger charge is -2.43. The summed E-state index contributed by atoms with van der Waals surface area (Å²) in [4.78, 5) is 18.6. The Labute approximate surface area is 208 Å². The minimum absolute atomic E-state index is 0.0417. The molecule has 1 aromatic rings. The third-order valence-electron chi connectivity index (χ3n) is 7.96. The van der Waals surface area contributed by atoms with E-state index in [2.05, 4.69) is 22.0 Å². The number of amides is 1. The monoisotopic (exact) mass is 482 g/mol. The van der Waals surface area contributed by atoms with E-state index in [1.807, 2.05) is 23.2 Å². The number of piperidine rings is 1. The molecule has 3 heterocycles. The van der Waals surface area contributed by atoms with Gasteiger partial charge in [0.15, 0.2) is 11.5 Å². The molecule has 8 heteroatoms. The van der Waals surface area contributed by atoms with E-state index in [1.54, 1.807) is 14.2 Å². The molecule has 0 saturated carbocycles. The number of allylic oxidation sites excluding steroid dienone is 2. The molecular formula is C27H38N4O4. The summed E-state index contributed by atoms with van der Waals surface area (Å²) in [7, 11) is 3.30. The van der Waals surface area contributed by atoms with Crippen LogP contribution in [0.3, 0.4) is 0 Å². The van der Waals surface area contributed by atoms with Crippen LogP contribution in [0, 0.1) is 11.8 Å². The van der Waals surface area contributed by atoms with E-state index in [1.165, 1.54) is 0 Å². The topological polar surface area (TPSA) is 66.8 Å². The minimum Gasteiger partial charge on any atom is -0.493 e. The molecule has 0 aromatic heterocycles. The summed E-state index contributed by atoms with van der Waals surface area (Å²) in [5, 5.41) is 6.88. The molecule has 35 heavy (non-hydrogen) atoms. The largest absolute Gasteiger partial charge is 0.493 e. The van der Waals surface area contributed by atoms with Crippen LogP contribution in [0.15, 0.2) is 35.5 Å². The van der Waals surface area contributed by atoms with E-state index in [4.69, 9.17) is 19.3 Å². The Bertz CT molecular complexity index is 950. The number of hydrazone groups is 1. The van der Waals surface area contributed by atoms with Crippen LogP contribution in [0.25, 0.3) is 0 Å². The molecule has 5 rings (SSSR count). The van der Waals surface area contributed by atoms with Crippen molar-refractivity contribution >= 4 is 11.6 Å². The molecule has 0 N–H and O–H groups in total. The van der Waals surface area contributed by atoms with E-state index in [0.29, 0.717) is 11.5 Å². The number of nitrogens with zero attached hydrogens (tertiary/aromatic N) is 4. The fraction of sp³-hybridized carbons (Fsp3) is 0.630. The number of hydrogen-bond donors (Lipinski definition) is 0. The van der Waals surface area contributed by atoms with Gasteiger partial charge in [0, 0.05) is 50.7 Å². The molecule has 3 aliphatic heterocycles. The molecular weight excluding hydrogens is 444 g/mol. The third-order valence-corrected chi connectivity index (χ3v) is 7.96. The zero-order valence-corrected chi connectivity index (χ0v) is 21.0. The lowest BCUT2D eigenvalue weighted by molar-refractivity contribution is -0.141. The van der Waals surface area contributed by atoms with Gasteiger partial charge in [-0.15, -0.1) is 0 Å². The number of fused-ring (bicyclic) bond motifs is 1. The zero-order valence-electron chi connectivity index (χ0n) is 21.0. The quantitative estimate of drug-likeness (QED) is 0.557. The van der Waals surface area contributed by atoms with Crippen LogP contribution in [-0.4, -0.2) is 99.2 Å². The Kier molecular flexibility index (Phi) is 7.70. The molecule has 1 aliphatic carbocycles. The molecule has 0 radical (unpaired) electrons. The second-order valence-corrected chi connectivity index (χ2v) is 9.92. The average molecular weight is 483 g/mol. The standard InChI is InChI=1S/C27H38N4O4/c1-33-24-8-7-20(19-25(24)34-2)26-22-5-3-4-6-23(22)27(32)31(28-26)21-9-11-29(12-10-21)13-14-30-15-17-35-18-16-30/h3-4,7-8,19,21-23H,5-6,9-18H2,1-2H3/t22-,23+/m0/s1. The molecule has 8 nitrogen and oxygen atoms in total. The van der Waals surface area contributed by atoms with Crippen LogP contribution in [0.5, 0.6) is 11.5 Å². The maximum Gasteiger partial charge on any atom is 0.247 e. The molecule has 1 amide bonds. The summed E-state index contributed by atoms with van der Waals surface area (Å²) >= 11 is 0. The van der Waals surface area contributed by atoms with Crippen molar-refractivity contribution in [2.24, 2.45) is 16.9 Å². The van der Waals surface area contributed by atoms with Gasteiger partial charge in [-0.05, 0) is 43.9 Å². The highest BCUT2D eigenvalue weighted by atomic mass is 16.5. The van der Waals surface area contributed by atoms with E-state index >= 15 is 0 Å². The predicted molar refractivity (Wildman–Crippen MR) is 135 cm³/mol. The molecule has 0 bridgehead atoms. The lowest BCUT2D eigenvalue weighted by atomic mass is 9.76. The fourth-order valence-corrected chi connectivity index (χ4v) is 5.82. The summed E-state index contributed by atoms with van der Waals surface area (Å²) in [6.07, 6.45) is 7.90. The maximum atomic E-state index is 13.6. The Balaban J connectivity index is 1.31. The first-order valence-electron chi connectivity index (χ1n) is 13.0. The van der Waals surface area contributed by atoms with Gasteiger partial charge in [-0.1, -0.05) is 12.2 Å². The first-order chi connectivity index (χ1) is 17.2. The number of ether oxygens (including phenoxy) is 3. The van der Waals surface area contributed by atoms with Gasteiger partial charge in [-0.25, -0.2) is 5.01 Å². The molecule has 0 spiro atoms. The summed E-state index contributed by atoms with van der Waals surface area (Å²) < 4.78 is 16.5. The van der Waals surface area contributed by atoms with Crippen molar-refractivity contribution in [1.29, 1.82) is 0 Å². The second kappa shape index (κ2) is 11.1. The van der Waals surface area contributed by atoms with Gasteiger partial charge >= 0.3 is 0 Å². The van der Waals surface area contributed by atoms with Crippen LogP contribution in [0.2, 0.25) is 0 Å². The van der Waals surface area contributed by atoms with Crippen LogP contribution < -0.4 is 9.47 Å². The smallest absolute Gasteiger partial charge is 0.247 e. The number of hydrogen-bond acceptors (Lipinski definition) is 7. The van der Waals surface area contributed by atoms with Crippen molar-refractivity contribution in [2.45, 2.75) is 31.7 Å². The molecule has 1 aromatic carbocycles. The maximum absolute atomic E-state index is 13.6. The first kappa shape index (κ1) is 24.3. The number of methoxy groups -OCH3 is 2. The van der Waals surface area contributed by atoms with Crippen molar-refractivity contribution < 1.29 is 19.0 Å². The summed E-state index contributed by atoms with van der Waals surface area (Å²) in [5.41, 5.74) is 2.00. The van der Waals surface area contributed by atoms with E-state index in [0.717, 1.165) is 89.4 Å². The number of carbonyl (C=O) groups is 1. The van der Waals surface area contributed by atoms with Crippen LogP contribution >= 0.6 is 0 Å². The lowest BCUT2D eigenvalue weighted by Crippen LogP contribution is -2.52. The van der Waals surface area contributed by atoms with Gasteiger partial charge in [0.25, 0.3) is 0 Å². The van der Waals surface area contributed by atoms with Crippen molar-refractivity contribution in [3.05, 3.63) is 35.9 Å². The summed E-state index contributed by atoms with van der Waals surface area (Å²) in [6, 6.07) is 6.12. The highest BCUT2D eigenvalue weighted by Gasteiger charge is 2.42. The molecule has 2 fully saturated rings. The number of likely N-dealkylation sites (tertiary alicyclic amines) is 1. The van der Waals surface area contributed by atoms with E-state index < -0.39 is 0 Å². The van der Waals surface area contributed by atoms with Gasteiger partial charge in [0.2, 0.25) is 5.91 Å². The van der Waals surface area contributed by atoms with Crippen LogP contribution in [0.1, 0.15) is 31.2 Å². The fourth-order valence-electron chi connectivity index (χ4n) is 5.82. The van der Waals surface area contributed by atoms with Crippen molar-refractivity contribution in [3.8, 4) is 11.5 Å². The Hall–Kier alpha value is -2.42. The van der Waals surface area contributed by atoms with Gasteiger partial charge in [0.1, 0.15) is 0 Å². The molecule has 4 aliphatic rings. The van der Waals surface area contributed by atoms with Gasteiger partial charge in [0.05, 0.1) is 45.1 Å². The molecule has 2 atom stereocenters. The Morgan fingerprint density at radius 3 is 2.26 bits per heavy atom. The minimum atomic E-state index is -0.0417. The third kappa shape index (κ3) is 5.25. The average Bonchev–Trinajstić information content (AvgIpc) is 2.93. The zero-order chi connectivity index (χ0) is 24.2. The predicted octanol–water partition coefficient (Wildman–Crippen LogP) is 2.63. The Morgan fingerprint density at radius 1 is 0.914 bits per heavy atom. The van der Waals surface area contributed by atoms with Gasteiger partial charge in [-0.3, -0.25) is 9.69 Å². The number of benzene rings is 1. The van der Waals surface area contributed by atoms with E-state index in [9.17, 15) is 4.79 Å².